The largest absolute Gasteiger partial charge is 0.387 e. The number of nitrogens with one attached hydrogen (secondary N) is 1. The fourth-order valence-electron chi connectivity index (χ4n) is 1.76. The minimum absolute atomic E-state index is 0.232. The van der Waals surface area contributed by atoms with Crippen molar-refractivity contribution in [1.29, 1.82) is 0 Å². The fourth-order valence-corrected chi connectivity index (χ4v) is 2.11. The van der Waals surface area contributed by atoms with E-state index in [1.807, 2.05) is 13.8 Å². The molecule has 0 aliphatic heterocycles. The van der Waals surface area contributed by atoms with Crippen LogP contribution in [0.1, 0.15) is 13.8 Å². The predicted octanol–water partition coefficient (Wildman–Crippen LogP) is -2.22. The molecule has 21 heavy (non-hydrogen) atoms. The summed E-state index contributed by atoms with van der Waals surface area (Å²) in [5.74, 6) is 0.360. The van der Waals surface area contributed by atoms with E-state index in [9.17, 15) is 25.5 Å². The average Bonchev–Trinajstić information content (AvgIpc) is 2.44. The van der Waals surface area contributed by atoms with Gasteiger partial charge in [0.05, 0.1) is 0 Å². The summed E-state index contributed by atoms with van der Waals surface area (Å²) in [6.45, 7) is 4.61. The summed E-state index contributed by atoms with van der Waals surface area (Å²) in [6.07, 6.45) is -8.14. The van der Waals surface area contributed by atoms with E-state index in [0.717, 1.165) is 4.78 Å². The molecule has 1 aliphatic carbocycles. The van der Waals surface area contributed by atoms with Gasteiger partial charge in [-0.15, -0.1) is 0 Å². The molecular weight excluding hydrogens is 317 g/mol. The van der Waals surface area contributed by atoms with Crippen LogP contribution in [0.4, 0.5) is 0 Å². The fraction of sp³-hybridized carbons (Fsp3) is 0.818. The molecule has 0 bridgehead atoms. The number of nitrogens with zero attached hydrogens (tertiary/aromatic N) is 2. The van der Waals surface area contributed by atoms with Gasteiger partial charge in [-0.05, 0) is 27.5 Å². The first kappa shape index (κ1) is 18.6. The smallest absolute Gasteiger partial charge is 0.192 e. The Labute approximate surface area is 130 Å². The summed E-state index contributed by atoms with van der Waals surface area (Å²) in [6, 6.07) is 0. The lowest BCUT2D eigenvalue weighted by molar-refractivity contribution is -0.130. The second-order valence-corrected chi connectivity index (χ2v) is 6.19. The van der Waals surface area contributed by atoms with Crippen molar-refractivity contribution in [2.24, 2.45) is 11.0 Å². The summed E-state index contributed by atoms with van der Waals surface area (Å²) >= 11 is 5.07. The van der Waals surface area contributed by atoms with Crippen LogP contribution < -0.4 is 5.32 Å². The molecule has 0 aromatic heterocycles. The van der Waals surface area contributed by atoms with Crippen molar-refractivity contribution < 1.29 is 25.5 Å². The van der Waals surface area contributed by atoms with Crippen LogP contribution in [-0.4, -0.2) is 78.2 Å². The zero-order chi connectivity index (χ0) is 16.3. The van der Waals surface area contributed by atoms with E-state index >= 15 is 0 Å². The predicted molar refractivity (Wildman–Crippen MR) is 84.5 cm³/mol. The number of hydrogen-bond acceptors (Lipinski definition) is 7. The van der Waals surface area contributed by atoms with Gasteiger partial charge in [-0.2, -0.15) is 5.10 Å². The van der Waals surface area contributed by atoms with E-state index in [0.29, 0.717) is 12.5 Å². The van der Waals surface area contributed by atoms with Gasteiger partial charge >= 0.3 is 0 Å². The second kappa shape index (κ2) is 7.73. The molecule has 1 fully saturated rings. The zero-order valence-corrected chi connectivity index (χ0v) is 13.8. The lowest BCUT2D eigenvalue weighted by atomic mass is 9.86. The molecule has 1 aliphatic rings. The highest BCUT2D eigenvalue weighted by atomic mass is 32.1. The van der Waals surface area contributed by atoms with Crippen molar-refractivity contribution in [2.75, 3.05) is 6.54 Å². The van der Waals surface area contributed by atoms with E-state index in [1.54, 1.807) is 0 Å². The van der Waals surface area contributed by atoms with E-state index < -0.39 is 30.5 Å². The molecule has 122 valence electrons. The third-order valence-corrected chi connectivity index (χ3v) is 3.94. The van der Waals surface area contributed by atoms with Crippen molar-refractivity contribution >= 4 is 32.4 Å². The Balaban J connectivity index is 2.83. The molecule has 6 N–H and O–H groups in total. The molecule has 6 atom stereocenters. The number of rotatable bonds is 3. The Bertz CT molecular complexity index is 393. The highest BCUT2D eigenvalue weighted by Gasteiger charge is 2.46. The molecule has 0 spiro atoms. The third kappa shape index (κ3) is 4.53. The van der Waals surface area contributed by atoms with Crippen LogP contribution in [-0.2, 0) is 0 Å². The van der Waals surface area contributed by atoms with Gasteiger partial charge in [0.1, 0.15) is 36.2 Å². The first-order chi connectivity index (χ1) is 9.66. The first-order valence-corrected chi connectivity index (χ1v) is 7.40. The average molecular weight is 339 g/mol. The Morgan fingerprint density at radius 3 is 2.10 bits per heavy atom. The lowest BCUT2D eigenvalue weighted by Gasteiger charge is -2.37. The number of hydrazone groups is 1. The van der Waals surface area contributed by atoms with Gasteiger partial charge < -0.3 is 30.8 Å². The molecule has 0 aromatic carbocycles. The van der Waals surface area contributed by atoms with Crippen LogP contribution in [0.5, 0.6) is 0 Å². The number of aliphatic hydroxyl groups is 5. The van der Waals surface area contributed by atoms with E-state index in [-0.39, 0.29) is 10.8 Å². The summed E-state index contributed by atoms with van der Waals surface area (Å²) in [5, 5.41) is 55.4. The van der Waals surface area contributed by atoms with Crippen LogP contribution >= 0.6 is 21.6 Å². The number of aliphatic hydroxyl groups excluding tert-OH is 5. The van der Waals surface area contributed by atoms with Gasteiger partial charge in [0, 0.05) is 6.54 Å². The van der Waals surface area contributed by atoms with E-state index in [2.05, 4.69) is 19.8 Å². The lowest BCUT2D eigenvalue weighted by Crippen LogP contribution is -2.62. The normalized spacial score (nSPS) is 35.1. The van der Waals surface area contributed by atoms with Gasteiger partial charge in [-0.1, -0.05) is 13.8 Å². The molecule has 10 heteroatoms. The molecule has 0 radical (unpaired) electrons. The molecule has 1 rings (SSSR count). The van der Waals surface area contributed by atoms with Gasteiger partial charge in [0.25, 0.3) is 0 Å². The maximum absolute atomic E-state index is 9.83. The van der Waals surface area contributed by atoms with E-state index in [4.69, 9.17) is 12.2 Å². The maximum Gasteiger partial charge on any atom is 0.192 e. The van der Waals surface area contributed by atoms with Crippen molar-refractivity contribution in [3.05, 3.63) is 0 Å². The Kier molecular flexibility index (Phi) is 6.86. The van der Waals surface area contributed by atoms with Crippen molar-refractivity contribution in [3.63, 3.8) is 0 Å². The quantitative estimate of drug-likeness (QED) is 0.194. The van der Waals surface area contributed by atoms with Crippen molar-refractivity contribution in [1.82, 2.24) is 10.1 Å². The van der Waals surface area contributed by atoms with Crippen molar-refractivity contribution in [2.45, 2.75) is 44.4 Å². The van der Waals surface area contributed by atoms with E-state index in [1.165, 1.54) is 0 Å². The summed E-state index contributed by atoms with van der Waals surface area (Å²) in [5.41, 5.74) is -0.274. The highest BCUT2D eigenvalue weighted by molar-refractivity contribution is 7.80. The minimum Gasteiger partial charge on any atom is -0.387 e. The molecule has 0 aromatic rings. The van der Waals surface area contributed by atoms with Crippen LogP contribution in [0.15, 0.2) is 5.10 Å². The Morgan fingerprint density at radius 2 is 1.67 bits per heavy atom. The maximum atomic E-state index is 9.83. The highest BCUT2D eigenvalue weighted by Crippen LogP contribution is 2.20. The molecule has 8 nitrogen and oxygen atoms in total. The minimum atomic E-state index is -1.65. The summed E-state index contributed by atoms with van der Waals surface area (Å²) in [7, 11) is 2.18. The molecule has 2 unspecified atom stereocenters. The molecule has 1 saturated carbocycles. The first-order valence-electron chi connectivity index (χ1n) is 6.48. The Morgan fingerprint density at radius 1 is 1.19 bits per heavy atom. The standard InChI is InChI=1S/C11H22N3O5PS/c1-4(2)3-12-11(21)14(20)13-5-6(15)8(17)10(19)9(18)7(5)16/h4,6-10,15-19H,3,20H2,1-2H3,(H,12,21)/t6-,7+,8-,9-,10?/m1/s1. The Hall–Kier alpha value is -0.410. The monoisotopic (exact) mass is 339 g/mol. The van der Waals surface area contributed by atoms with Crippen LogP contribution in [0.2, 0.25) is 0 Å². The summed E-state index contributed by atoms with van der Waals surface area (Å²) in [4.78, 5) is 0. The molecule has 0 saturated heterocycles. The van der Waals surface area contributed by atoms with Crippen LogP contribution in [0, 0.1) is 5.92 Å². The van der Waals surface area contributed by atoms with Crippen molar-refractivity contribution in [3.8, 4) is 0 Å². The molecular formula is C11H22N3O5PS. The zero-order valence-electron chi connectivity index (χ0n) is 11.8. The van der Waals surface area contributed by atoms with Gasteiger partial charge in [0.15, 0.2) is 5.11 Å². The van der Waals surface area contributed by atoms with Gasteiger partial charge in [-0.3, -0.25) is 0 Å². The van der Waals surface area contributed by atoms with Crippen LogP contribution in [0.25, 0.3) is 0 Å². The summed E-state index contributed by atoms with van der Waals surface area (Å²) < 4.78 is 1.14. The van der Waals surface area contributed by atoms with Gasteiger partial charge in [-0.25, -0.2) is 4.78 Å². The SMILES string of the molecule is CC(C)CNC(=S)N(P)N=C1[C@@H](O)[C@@H](O)C(O)[C@H](O)[C@H]1O. The molecule has 0 heterocycles. The number of hydrogen-bond donors (Lipinski definition) is 6. The van der Waals surface area contributed by atoms with Gasteiger partial charge in [0.2, 0.25) is 0 Å². The number of thiocarbonyl (C=S) groups is 1. The third-order valence-electron chi connectivity index (χ3n) is 3.05. The second-order valence-electron chi connectivity index (χ2n) is 5.31. The molecule has 0 amide bonds. The topological polar surface area (TPSA) is 129 Å². The van der Waals surface area contributed by atoms with Crippen LogP contribution in [0.3, 0.4) is 0 Å².